The van der Waals surface area contributed by atoms with Crippen LogP contribution in [0.1, 0.15) is 60.8 Å². The Kier molecular flexibility index (Phi) is 7.38. The number of rotatable bonds is 6. The van der Waals surface area contributed by atoms with Gasteiger partial charge in [-0.2, -0.15) is 13.2 Å². The maximum atomic E-state index is 14.1. The fourth-order valence-electron chi connectivity index (χ4n) is 4.91. The van der Waals surface area contributed by atoms with E-state index in [1.165, 1.54) is 31.4 Å². The molecule has 0 aliphatic carbocycles. The molecule has 1 aliphatic rings. The van der Waals surface area contributed by atoms with Crippen molar-refractivity contribution in [3.05, 3.63) is 88.7 Å². The monoisotopic (exact) mass is 499 g/mol. The highest BCUT2D eigenvalue weighted by molar-refractivity contribution is 5.79. The molecule has 0 radical (unpaired) electrons. The minimum absolute atomic E-state index is 0.0255. The number of nitrogens with zero attached hydrogens (tertiary/aromatic N) is 1. The van der Waals surface area contributed by atoms with E-state index in [0.717, 1.165) is 18.1 Å². The number of ether oxygens (including phenoxy) is 1. The Morgan fingerprint density at radius 2 is 1.75 bits per heavy atom. The Balaban J connectivity index is 1.75. The van der Waals surface area contributed by atoms with Crippen LogP contribution in [0, 0.1) is 5.82 Å². The quantitative estimate of drug-likeness (QED) is 0.328. The number of methoxy groups -OCH3 is 1. The first-order valence-corrected chi connectivity index (χ1v) is 12.0. The highest BCUT2D eigenvalue weighted by Crippen LogP contribution is 2.42. The number of likely N-dealkylation sites (tertiary alicyclic amines) is 1. The summed E-state index contributed by atoms with van der Waals surface area (Å²) < 4.78 is 61.4. The molecule has 1 heterocycles. The van der Waals surface area contributed by atoms with Crippen LogP contribution < -0.4 is 4.74 Å². The lowest BCUT2D eigenvalue weighted by Gasteiger charge is -2.33. The molecule has 3 aromatic rings. The van der Waals surface area contributed by atoms with Crippen LogP contribution in [0.15, 0.2) is 60.7 Å². The molecule has 0 bridgehead atoms. The smallest absolute Gasteiger partial charge is 0.416 e. The van der Waals surface area contributed by atoms with E-state index in [4.69, 9.17) is 4.74 Å². The summed E-state index contributed by atoms with van der Waals surface area (Å²) in [7, 11) is 1.39. The van der Waals surface area contributed by atoms with Crippen LogP contribution in [0.25, 0.3) is 11.1 Å². The van der Waals surface area contributed by atoms with Gasteiger partial charge < -0.3 is 9.64 Å². The second-order valence-corrected chi connectivity index (χ2v) is 9.51. The van der Waals surface area contributed by atoms with Crippen molar-refractivity contribution in [3.8, 4) is 16.9 Å². The van der Waals surface area contributed by atoms with Crippen molar-refractivity contribution >= 4 is 5.91 Å². The zero-order chi connectivity index (χ0) is 26.0. The first-order chi connectivity index (χ1) is 17.1. The zero-order valence-corrected chi connectivity index (χ0v) is 20.5. The van der Waals surface area contributed by atoms with Crippen molar-refractivity contribution in [1.29, 1.82) is 0 Å². The molecule has 1 unspecified atom stereocenters. The van der Waals surface area contributed by atoms with Crippen LogP contribution >= 0.6 is 0 Å². The molecule has 3 aromatic carbocycles. The van der Waals surface area contributed by atoms with Gasteiger partial charge in [0.15, 0.2) is 0 Å². The van der Waals surface area contributed by atoms with Crippen molar-refractivity contribution < 1.29 is 27.1 Å². The number of hydrogen-bond acceptors (Lipinski definition) is 2. The van der Waals surface area contributed by atoms with Gasteiger partial charge in [0.1, 0.15) is 11.6 Å². The standard InChI is InChI=1S/C29H29F4NO2/c1-18(2)24-16-25(23-10-9-22(30)15-27(23)36-3)21(13-26(24)29(31,32)33)17-34-12-11-20(14-28(34)35)19-7-5-4-6-8-19/h4-10,13,15-16,18,20H,11-12,14,17H2,1-3H3. The lowest BCUT2D eigenvalue weighted by Crippen LogP contribution is -2.37. The van der Waals surface area contributed by atoms with Gasteiger partial charge in [0, 0.05) is 31.1 Å². The molecule has 0 saturated carbocycles. The summed E-state index contributed by atoms with van der Waals surface area (Å²) in [5, 5.41) is 0. The van der Waals surface area contributed by atoms with Crippen molar-refractivity contribution in [1.82, 2.24) is 4.90 Å². The largest absolute Gasteiger partial charge is 0.496 e. The van der Waals surface area contributed by atoms with E-state index in [0.29, 0.717) is 29.7 Å². The van der Waals surface area contributed by atoms with Gasteiger partial charge in [-0.3, -0.25) is 4.79 Å². The molecule has 1 fully saturated rings. The van der Waals surface area contributed by atoms with Crippen molar-refractivity contribution in [3.63, 3.8) is 0 Å². The molecule has 1 atom stereocenters. The van der Waals surface area contributed by atoms with E-state index in [2.05, 4.69) is 0 Å². The Morgan fingerprint density at radius 3 is 2.36 bits per heavy atom. The number of carbonyl (C=O) groups is 1. The van der Waals surface area contributed by atoms with Gasteiger partial charge in [-0.25, -0.2) is 4.39 Å². The van der Waals surface area contributed by atoms with Gasteiger partial charge in [0.2, 0.25) is 5.91 Å². The van der Waals surface area contributed by atoms with E-state index in [1.807, 2.05) is 30.3 Å². The number of hydrogen-bond donors (Lipinski definition) is 0. The third-order valence-corrected chi connectivity index (χ3v) is 6.81. The zero-order valence-electron chi connectivity index (χ0n) is 20.5. The van der Waals surface area contributed by atoms with Crippen LogP contribution in [0.3, 0.4) is 0 Å². The van der Waals surface area contributed by atoms with Crippen molar-refractivity contribution in [2.75, 3.05) is 13.7 Å². The van der Waals surface area contributed by atoms with E-state index < -0.39 is 23.5 Å². The maximum Gasteiger partial charge on any atom is 0.416 e. The van der Waals surface area contributed by atoms with Crippen LogP contribution in [-0.2, 0) is 17.5 Å². The van der Waals surface area contributed by atoms with Crippen LogP contribution in [0.5, 0.6) is 5.75 Å². The van der Waals surface area contributed by atoms with E-state index >= 15 is 0 Å². The predicted molar refractivity (Wildman–Crippen MR) is 131 cm³/mol. The number of piperidine rings is 1. The Morgan fingerprint density at radius 1 is 1.03 bits per heavy atom. The molecule has 7 heteroatoms. The molecule has 36 heavy (non-hydrogen) atoms. The summed E-state index contributed by atoms with van der Waals surface area (Å²) in [5.41, 5.74) is 1.84. The molecule has 3 nitrogen and oxygen atoms in total. The second-order valence-electron chi connectivity index (χ2n) is 9.51. The summed E-state index contributed by atoms with van der Waals surface area (Å²) in [6.07, 6.45) is -3.53. The molecule has 0 aromatic heterocycles. The molecule has 1 saturated heterocycles. The highest BCUT2D eigenvalue weighted by atomic mass is 19.4. The van der Waals surface area contributed by atoms with Crippen LogP contribution in [0.2, 0.25) is 0 Å². The third kappa shape index (κ3) is 5.40. The summed E-state index contributed by atoms with van der Waals surface area (Å²) >= 11 is 0. The number of benzene rings is 3. The predicted octanol–water partition coefficient (Wildman–Crippen LogP) is 7.55. The average molecular weight is 500 g/mol. The Labute approximate surface area is 208 Å². The maximum absolute atomic E-state index is 14.1. The van der Waals surface area contributed by atoms with Gasteiger partial charge in [-0.1, -0.05) is 44.2 Å². The van der Waals surface area contributed by atoms with Crippen LogP contribution in [-0.4, -0.2) is 24.5 Å². The van der Waals surface area contributed by atoms with Crippen molar-refractivity contribution in [2.45, 2.75) is 51.2 Å². The lowest BCUT2D eigenvalue weighted by atomic mass is 9.87. The minimum Gasteiger partial charge on any atom is -0.496 e. The first-order valence-electron chi connectivity index (χ1n) is 12.0. The van der Waals surface area contributed by atoms with E-state index in [9.17, 15) is 22.4 Å². The number of amides is 1. The fourth-order valence-corrected chi connectivity index (χ4v) is 4.91. The van der Waals surface area contributed by atoms with E-state index in [-0.39, 0.29) is 29.7 Å². The number of carbonyl (C=O) groups excluding carboxylic acids is 1. The molecule has 0 N–H and O–H groups in total. The average Bonchev–Trinajstić information content (AvgIpc) is 2.85. The SMILES string of the molecule is COc1cc(F)ccc1-c1cc(C(C)C)c(C(F)(F)F)cc1CN1CCC(c2ccccc2)CC1=O. The molecule has 190 valence electrons. The molecule has 1 aliphatic heterocycles. The molecule has 1 amide bonds. The molecule has 4 rings (SSSR count). The fraction of sp³-hybridized carbons (Fsp3) is 0.345. The molecule has 0 spiro atoms. The molecular weight excluding hydrogens is 470 g/mol. The topological polar surface area (TPSA) is 29.5 Å². The van der Waals surface area contributed by atoms with Gasteiger partial charge in [-0.15, -0.1) is 0 Å². The lowest BCUT2D eigenvalue weighted by molar-refractivity contribution is -0.138. The van der Waals surface area contributed by atoms with Crippen LogP contribution in [0.4, 0.5) is 17.6 Å². The van der Waals surface area contributed by atoms with Gasteiger partial charge in [0.05, 0.1) is 12.7 Å². The number of halogens is 4. The Hall–Kier alpha value is -3.35. The summed E-state index contributed by atoms with van der Waals surface area (Å²) in [6.45, 7) is 3.87. The second kappa shape index (κ2) is 10.3. The summed E-state index contributed by atoms with van der Waals surface area (Å²) in [5.74, 6) is -0.704. The van der Waals surface area contributed by atoms with Gasteiger partial charge in [-0.05, 0) is 64.8 Å². The molecular formula is C29H29F4NO2. The summed E-state index contributed by atoms with van der Waals surface area (Å²) in [4.78, 5) is 14.7. The normalized spacial score (nSPS) is 16.5. The van der Waals surface area contributed by atoms with Crippen molar-refractivity contribution in [2.24, 2.45) is 0 Å². The third-order valence-electron chi connectivity index (χ3n) is 6.81. The number of alkyl halides is 3. The highest BCUT2D eigenvalue weighted by Gasteiger charge is 2.36. The van der Waals surface area contributed by atoms with E-state index in [1.54, 1.807) is 18.7 Å². The first kappa shape index (κ1) is 25.7. The minimum atomic E-state index is -4.55. The Bertz CT molecular complexity index is 1240. The van der Waals surface area contributed by atoms with Gasteiger partial charge in [0.25, 0.3) is 0 Å². The summed E-state index contributed by atoms with van der Waals surface area (Å²) in [6, 6.07) is 16.4. The van der Waals surface area contributed by atoms with Gasteiger partial charge >= 0.3 is 6.18 Å².